The van der Waals surface area contributed by atoms with Gasteiger partial charge in [-0.25, -0.2) is 22.5 Å². The summed E-state index contributed by atoms with van der Waals surface area (Å²) in [6, 6.07) is 8.88. The zero-order chi connectivity index (χ0) is 16.6. The Labute approximate surface area is 133 Å². The summed E-state index contributed by atoms with van der Waals surface area (Å²) in [5.41, 5.74) is 2.45. The number of aryl methyl sites for hydroxylation is 2. The van der Waals surface area contributed by atoms with E-state index >= 15 is 0 Å². The summed E-state index contributed by atoms with van der Waals surface area (Å²) in [5, 5.41) is 0. The lowest BCUT2D eigenvalue weighted by Gasteiger charge is -2.09. The maximum atomic E-state index is 13.1. The maximum absolute atomic E-state index is 13.1. The van der Waals surface area contributed by atoms with Gasteiger partial charge in [-0.15, -0.1) is 0 Å². The van der Waals surface area contributed by atoms with Crippen LogP contribution in [0.5, 0.6) is 0 Å². The molecule has 1 aromatic heterocycles. The molecule has 0 saturated heterocycles. The molecular weight excluding hydrogens is 319 g/mol. The van der Waals surface area contributed by atoms with Gasteiger partial charge in [0.1, 0.15) is 11.3 Å². The van der Waals surface area contributed by atoms with E-state index in [0.717, 1.165) is 11.6 Å². The van der Waals surface area contributed by atoms with Crippen molar-refractivity contribution < 1.29 is 17.2 Å². The lowest BCUT2D eigenvalue weighted by atomic mass is 10.2. The van der Waals surface area contributed by atoms with Gasteiger partial charge in [-0.3, -0.25) is 0 Å². The van der Waals surface area contributed by atoms with Crippen LogP contribution < -0.4 is 4.72 Å². The second-order valence-corrected chi connectivity index (χ2v) is 7.00. The topological polar surface area (TPSA) is 72.2 Å². The number of hydrogen-bond donors (Lipinski definition) is 1. The van der Waals surface area contributed by atoms with Crippen molar-refractivity contribution in [2.75, 3.05) is 0 Å². The highest BCUT2D eigenvalue weighted by molar-refractivity contribution is 7.89. The second-order valence-electron chi connectivity index (χ2n) is 5.27. The average molecular weight is 334 g/mol. The standard InChI is InChI=1S/C16H15FN2O3S/c1-10-7-13(17)4-6-16(10)23(20,21)18-9-12-3-5-15-14(8-12)19-11(2)22-15/h3-8,18H,9H2,1-2H3. The van der Waals surface area contributed by atoms with Gasteiger partial charge in [0.05, 0.1) is 4.90 Å². The normalized spacial score (nSPS) is 12.0. The van der Waals surface area contributed by atoms with Crippen LogP contribution in [0.25, 0.3) is 11.1 Å². The third-order valence-corrected chi connectivity index (χ3v) is 5.01. The Hall–Kier alpha value is -2.25. The molecule has 5 nitrogen and oxygen atoms in total. The minimum absolute atomic E-state index is 0.0669. The molecule has 0 aliphatic carbocycles. The molecule has 0 unspecified atom stereocenters. The van der Waals surface area contributed by atoms with Crippen molar-refractivity contribution in [3.63, 3.8) is 0 Å². The van der Waals surface area contributed by atoms with Crippen LogP contribution in [0.1, 0.15) is 17.0 Å². The molecule has 0 fully saturated rings. The fourth-order valence-electron chi connectivity index (χ4n) is 2.37. The first-order valence-corrected chi connectivity index (χ1v) is 8.45. The average Bonchev–Trinajstić information content (AvgIpc) is 2.84. The monoisotopic (exact) mass is 334 g/mol. The van der Waals surface area contributed by atoms with Gasteiger partial charge in [-0.2, -0.15) is 0 Å². The van der Waals surface area contributed by atoms with E-state index in [1.54, 1.807) is 32.0 Å². The molecule has 0 spiro atoms. The molecular formula is C16H15FN2O3S. The summed E-state index contributed by atoms with van der Waals surface area (Å²) < 4.78 is 45.7. The van der Waals surface area contributed by atoms with Crippen LogP contribution in [-0.4, -0.2) is 13.4 Å². The second kappa shape index (κ2) is 5.75. The third-order valence-electron chi connectivity index (χ3n) is 3.45. The Morgan fingerprint density at radius 1 is 1.17 bits per heavy atom. The minimum atomic E-state index is -3.71. The molecule has 1 N–H and O–H groups in total. The molecule has 1 heterocycles. The Kier molecular flexibility index (Phi) is 3.91. The molecule has 7 heteroatoms. The number of oxazole rings is 1. The summed E-state index contributed by atoms with van der Waals surface area (Å²) in [6.45, 7) is 3.42. The molecule has 0 radical (unpaired) electrons. The van der Waals surface area contributed by atoms with Gasteiger partial charge < -0.3 is 4.42 Å². The van der Waals surface area contributed by atoms with Crippen molar-refractivity contribution in [3.05, 3.63) is 59.2 Å². The Morgan fingerprint density at radius 2 is 1.96 bits per heavy atom. The van der Waals surface area contributed by atoms with Crippen LogP contribution in [0.15, 0.2) is 45.7 Å². The van der Waals surface area contributed by atoms with E-state index in [1.807, 2.05) is 0 Å². The number of rotatable bonds is 4. The molecule has 0 aliphatic rings. The van der Waals surface area contributed by atoms with Gasteiger partial charge in [0.2, 0.25) is 10.0 Å². The van der Waals surface area contributed by atoms with Crippen LogP contribution in [0.3, 0.4) is 0 Å². The lowest BCUT2D eigenvalue weighted by molar-refractivity contribution is 0.561. The van der Waals surface area contributed by atoms with E-state index in [-0.39, 0.29) is 11.4 Å². The molecule has 0 amide bonds. The fourth-order valence-corrected chi connectivity index (χ4v) is 3.61. The van der Waals surface area contributed by atoms with Gasteiger partial charge >= 0.3 is 0 Å². The van der Waals surface area contributed by atoms with E-state index in [9.17, 15) is 12.8 Å². The molecule has 3 aromatic rings. The summed E-state index contributed by atoms with van der Waals surface area (Å²) in [7, 11) is -3.71. The number of halogens is 1. The number of sulfonamides is 1. The van der Waals surface area contributed by atoms with Crippen LogP contribution in [0, 0.1) is 19.7 Å². The van der Waals surface area contributed by atoms with Crippen LogP contribution in [0.4, 0.5) is 4.39 Å². The number of nitrogens with zero attached hydrogens (tertiary/aromatic N) is 1. The molecule has 2 aromatic carbocycles. The molecule has 0 aliphatic heterocycles. The van der Waals surface area contributed by atoms with Crippen LogP contribution in [0.2, 0.25) is 0 Å². The molecule has 23 heavy (non-hydrogen) atoms. The first-order valence-electron chi connectivity index (χ1n) is 6.97. The summed E-state index contributed by atoms with van der Waals surface area (Å²) in [4.78, 5) is 4.28. The highest BCUT2D eigenvalue weighted by Gasteiger charge is 2.17. The highest BCUT2D eigenvalue weighted by Crippen LogP contribution is 2.19. The van der Waals surface area contributed by atoms with Crippen LogP contribution in [-0.2, 0) is 16.6 Å². The number of fused-ring (bicyclic) bond motifs is 1. The van der Waals surface area contributed by atoms with Gasteiger partial charge in [0.25, 0.3) is 0 Å². The molecule has 0 bridgehead atoms. The van der Waals surface area contributed by atoms with Crippen molar-refractivity contribution in [3.8, 4) is 0 Å². The van der Waals surface area contributed by atoms with Gasteiger partial charge in [0.15, 0.2) is 11.5 Å². The smallest absolute Gasteiger partial charge is 0.241 e. The lowest BCUT2D eigenvalue weighted by Crippen LogP contribution is -2.24. The van der Waals surface area contributed by atoms with Gasteiger partial charge in [-0.1, -0.05) is 6.07 Å². The predicted molar refractivity (Wildman–Crippen MR) is 83.9 cm³/mol. The molecule has 0 saturated carbocycles. The summed E-state index contributed by atoms with van der Waals surface area (Å²) >= 11 is 0. The Morgan fingerprint density at radius 3 is 2.70 bits per heavy atom. The fraction of sp³-hybridized carbons (Fsp3) is 0.188. The van der Waals surface area contributed by atoms with E-state index in [1.165, 1.54) is 12.1 Å². The number of aromatic nitrogens is 1. The zero-order valence-corrected chi connectivity index (χ0v) is 13.4. The van der Waals surface area contributed by atoms with E-state index in [4.69, 9.17) is 4.42 Å². The first kappa shape index (κ1) is 15.6. The van der Waals surface area contributed by atoms with Gasteiger partial charge in [-0.05, 0) is 48.4 Å². The minimum Gasteiger partial charge on any atom is -0.441 e. The number of hydrogen-bond acceptors (Lipinski definition) is 4. The highest BCUT2D eigenvalue weighted by atomic mass is 32.2. The van der Waals surface area contributed by atoms with Crippen molar-refractivity contribution in [2.45, 2.75) is 25.3 Å². The molecule has 0 atom stereocenters. The van der Waals surface area contributed by atoms with Crippen molar-refractivity contribution in [1.29, 1.82) is 0 Å². The zero-order valence-electron chi connectivity index (χ0n) is 12.6. The predicted octanol–water partition coefficient (Wildman–Crippen LogP) is 3.06. The van der Waals surface area contributed by atoms with E-state index < -0.39 is 15.8 Å². The van der Waals surface area contributed by atoms with E-state index in [0.29, 0.717) is 22.6 Å². The molecule has 120 valence electrons. The van der Waals surface area contributed by atoms with Crippen molar-refractivity contribution in [1.82, 2.24) is 9.71 Å². The summed E-state index contributed by atoms with van der Waals surface area (Å²) in [5.74, 6) is 0.0907. The molecule has 3 rings (SSSR count). The van der Waals surface area contributed by atoms with Crippen molar-refractivity contribution >= 4 is 21.1 Å². The van der Waals surface area contributed by atoms with Crippen molar-refractivity contribution in [2.24, 2.45) is 0 Å². The SMILES string of the molecule is Cc1nc2cc(CNS(=O)(=O)c3ccc(F)cc3C)ccc2o1. The quantitative estimate of drug-likeness (QED) is 0.796. The first-order chi connectivity index (χ1) is 10.8. The van der Waals surface area contributed by atoms with E-state index in [2.05, 4.69) is 9.71 Å². The Balaban J connectivity index is 1.82. The maximum Gasteiger partial charge on any atom is 0.241 e. The van der Waals surface area contributed by atoms with Crippen LogP contribution >= 0.6 is 0 Å². The number of nitrogens with one attached hydrogen (secondary N) is 1. The van der Waals surface area contributed by atoms with Gasteiger partial charge in [0, 0.05) is 13.5 Å². The third kappa shape index (κ3) is 3.25. The summed E-state index contributed by atoms with van der Waals surface area (Å²) in [6.07, 6.45) is 0. The number of benzene rings is 2. The largest absolute Gasteiger partial charge is 0.441 e. The Bertz CT molecular complexity index is 980.